The second-order valence-electron chi connectivity index (χ2n) is 6.08. The molecule has 0 saturated carbocycles. The van der Waals surface area contributed by atoms with Gasteiger partial charge in [-0.15, -0.1) is 0 Å². The van der Waals surface area contributed by atoms with Crippen LogP contribution in [0.3, 0.4) is 0 Å². The lowest BCUT2D eigenvalue weighted by Gasteiger charge is -2.09. The number of benzene rings is 2. The van der Waals surface area contributed by atoms with Crippen LogP contribution >= 0.6 is 0 Å². The topological polar surface area (TPSA) is 50.4 Å². The van der Waals surface area contributed by atoms with Gasteiger partial charge in [-0.1, -0.05) is 50.8 Å². The normalized spacial score (nSPS) is 10.4. The van der Waals surface area contributed by atoms with Gasteiger partial charge in [-0.25, -0.2) is 0 Å². The van der Waals surface area contributed by atoms with Crippen molar-refractivity contribution in [1.82, 2.24) is 5.32 Å². The number of anilines is 1. The number of hydrogen-bond donors (Lipinski definition) is 2. The minimum atomic E-state index is -0.0229. The number of carbonyl (C=O) groups excluding carboxylic acids is 1. The molecule has 2 aromatic carbocycles. The molecule has 0 aliphatic carbocycles. The Labute approximate surface area is 150 Å². The van der Waals surface area contributed by atoms with E-state index in [9.17, 15) is 4.79 Å². The first-order chi connectivity index (χ1) is 12.3. The van der Waals surface area contributed by atoms with Crippen LogP contribution in [-0.2, 0) is 4.79 Å². The Morgan fingerprint density at radius 3 is 2.28 bits per heavy atom. The number of amides is 1. The minimum Gasteiger partial charge on any atom is -0.457 e. The van der Waals surface area contributed by atoms with Gasteiger partial charge in [0, 0.05) is 5.69 Å². The molecule has 134 valence electrons. The maximum Gasteiger partial charge on any atom is 0.238 e. The average molecular weight is 340 g/mol. The number of ether oxygens (including phenoxy) is 1. The van der Waals surface area contributed by atoms with Gasteiger partial charge >= 0.3 is 0 Å². The highest BCUT2D eigenvalue weighted by Crippen LogP contribution is 2.22. The average Bonchev–Trinajstić information content (AvgIpc) is 2.63. The lowest BCUT2D eigenvalue weighted by Crippen LogP contribution is -2.28. The third-order valence-corrected chi connectivity index (χ3v) is 3.86. The van der Waals surface area contributed by atoms with Crippen LogP contribution in [0.25, 0.3) is 0 Å². The van der Waals surface area contributed by atoms with Gasteiger partial charge in [0.1, 0.15) is 11.5 Å². The summed E-state index contributed by atoms with van der Waals surface area (Å²) < 4.78 is 5.73. The molecule has 0 aromatic heterocycles. The van der Waals surface area contributed by atoms with Crippen molar-refractivity contribution in [2.24, 2.45) is 0 Å². The third kappa shape index (κ3) is 7.86. The van der Waals surface area contributed by atoms with E-state index in [-0.39, 0.29) is 5.91 Å². The lowest BCUT2D eigenvalue weighted by atomic mass is 10.1. The van der Waals surface area contributed by atoms with E-state index in [4.69, 9.17) is 4.74 Å². The van der Waals surface area contributed by atoms with Crippen LogP contribution in [0.5, 0.6) is 11.5 Å². The molecular formula is C21H28N2O2. The zero-order valence-corrected chi connectivity index (χ0v) is 15.0. The minimum absolute atomic E-state index is 0.0229. The number of unbranched alkanes of at least 4 members (excludes halogenated alkanes) is 4. The summed E-state index contributed by atoms with van der Waals surface area (Å²) in [5.74, 6) is 1.52. The highest BCUT2D eigenvalue weighted by atomic mass is 16.5. The first kappa shape index (κ1) is 19.0. The highest BCUT2D eigenvalue weighted by Gasteiger charge is 2.02. The molecule has 0 aliphatic heterocycles. The first-order valence-electron chi connectivity index (χ1n) is 9.11. The van der Waals surface area contributed by atoms with Crippen LogP contribution in [0, 0.1) is 0 Å². The summed E-state index contributed by atoms with van der Waals surface area (Å²) in [6.07, 6.45) is 6.18. The SMILES string of the molecule is CCCCCCCNCC(=O)Nc1ccc(Oc2ccccc2)cc1. The quantitative estimate of drug-likeness (QED) is 0.567. The van der Waals surface area contributed by atoms with Gasteiger partial charge < -0.3 is 15.4 Å². The molecular weight excluding hydrogens is 312 g/mol. The maximum absolute atomic E-state index is 11.9. The van der Waals surface area contributed by atoms with Gasteiger partial charge in [0.05, 0.1) is 6.54 Å². The monoisotopic (exact) mass is 340 g/mol. The summed E-state index contributed by atoms with van der Waals surface area (Å²) in [5, 5.41) is 6.08. The van der Waals surface area contributed by atoms with Crippen molar-refractivity contribution in [3.63, 3.8) is 0 Å². The Kier molecular flexibility index (Phi) is 8.56. The molecule has 1 amide bonds. The molecule has 2 aromatic rings. The lowest BCUT2D eigenvalue weighted by molar-refractivity contribution is -0.115. The van der Waals surface area contributed by atoms with E-state index in [1.54, 1.807) is 0 Å². The summed E-state index contributed by atoms with van der Waals surface area (Å²) in [6.45, 7) is 3.44. The zero-order valence-electron chi connectivity index (χ0n) is 15.0. The number of carbonyl (C=O) groups is 1. The van der Waals surface area contributed by atoms with E-state index in [0.29, 0.717) is 6.54 Å². The molecule has 0 aliphatic rings. The molecule has 0 unspecified atom stereocenters. The van der Waals surface area contributed by atoms with Gasteiger partial charge in [-0.3, -0.25) is 4.79 Å². The summed E-state index contributed by atoms with van der Waals surface area (Å²) >= 11 is 0. The van der Waals surface area contributed by atoms with Crippen LogP contribution in [0.4, 0.5) is 5.69 Å². The maximum atomic E-state index is 11.9. The second-order valence-corrected chi connectivity index (χ2v) is 6.08. The molecule has 25 heavy (non-hydrogen) atoms. The fourth-order valence-corrected chi connectivity index (χ4v) is 2.49. The molecule has 2 rings (SSSR count). The molecule has 4 heteroatoms. The molecule has 0 atom stereocenters. The molecule has 0 heterocycles. The highest BCUT2D eigenvalue weighted by molar-refractivity contribution is 5.92. The summed E-state index contributed by atoms with van der Waals surface area (Å²) in [4.78, 5) is 11.9. The number of para-hydroxylation sites is 1. The van der Waals surface area contributed by atoms with E-state index < -0.39 is 0 Å². The third-order valence-electron chi connectivity index (χ3n) is 3.86. The van der Waals surface area contributed by atoms with Crippen LogP contribution in [-0.4, -0.2) is 19.0 Å². The first-order valence-corrected chi connectivity index (χ1v) is 9.11. The van der Waals surface area contributed by atoms with Crippen molar-refractivity contribution in [3.8, 4) is 11.5 Å². The predicted molar refractivity (Wildman–Crippen MR) is 103 cm³/mol. The standard InChI is InChI=1S/C21H28N2O2/c1-2-3-4-5-9-16-22-17-21(24)23-18-12-14-20(15-13-18)25-19-10-7-6-8-11-19/h6-8,10-15,22H,2-5,9,16-17H2,1H3,(H,23,24). The van der Waals surface area contributed by atoms with Crippen molar-refractivity contribution in [2.75, 3.05) is 18.4 Å². The summed E-state index contributed by atoms with van der Waals surface area (Å²) in [5.41, 5.74) is 0.773. The number of hydrogen-bond acceptors (Lipinski definition) is 3. The van der Waals surface area contributed by atoms with E-state index in [1.165, 1.54) is 25.7 Å². The smallest absolute Gasteiger partial charge is 0.238 e. The second kappa shape index (κ2) is 11.3. The Morgan fingerprint density at radius 1 is 0.880 bits per heavy atom. The molecule has 0 spiro atoms. The Bertz CT molecular complexity index is 612. The Hall–Kier alpha value is -2.33. The Morgan fingerprint density at radius 2 is 1.56 bits per heavy atom. The van der Waals surface area contributed by atoms with Crippen molar-refractivity contribution in [3.05, 3.63) is 54.6 Å². The summed E-state index contributed by atoms with van der Waals surface area (Å²) in [7, 11) is 0. The van der Waals surface area contributed by atoms with Gasteiger partial charge in [0.25, 0.3) is 0 Å². The van der Waals surface area contributed by atoms with Gasteiger partial charge in [-0.2, -0.15) is 0 Å². The summed E-state index contributed by atoms with van der Waals surface area (Å²) in [6, 6.07) is 17.0. The predicted octanol–water partition coefficient (Wildman–Crippen LogP) is 4.98. The molecule has 2 N–H and O–H groups in total. The van der Waals surface area contributed by atoms with Crippen molar-refractivity contribution in [2.45, 2.75) is 39.0 Å². The Balaban J connectivity index is 1.65. The molecule has 0 radical (unpaired) electrons. The van der Waals surface area contributed by atoms with Crippen LogP contribution in [0.15, 0.2) is 54.6 Å². The van der Waals surface area contributed by atoms with E-state index >= 15 is 0 Å². The fraction of sp³-hybridized carbons (Fsp3) is 0.381. The molecule has 0 saturated heterocycles. The van der Waals surface area contributed by atoms with Crippen molar-refractivity contribution in [1.29, 1.82) is 0 Å². The molecule has 0 bridgehead atoms. The van der Waals surface area contributed by atoms with Gasteiger partial charge in [-0.05, 0) is 49.4 Å². The molecule has 4 nitrogen and oxygen atoms in total. The van der Waals surface area contributed by atoms with Crippen LogP contribution in [0.2, 0.25) is 0 Å². The zero-order chi connectivity index (χ0) is 17.7. The molecule has 0 fully saturated rings. The van der Waals surface area contributed by atoms with E-state index in [2.05, 4.69) is 17.6 Å². The van der Waals surface area contributed by atoms with E-state index in [1.807, 2.05) is 54.6 Å². The number of nitrogens with one attached hydrogen (secondary N) is 2. The number of rotatable bonds is 11. The van der Waals surface area contributed by atoms with Crippen molar-refractivity contribution < 1.29 is 9.53 Å². The van der Waals surface area contributed by atoms with Gasteiger partial charge in [0.2, 0.25) is 5.91 Å². The fourth-order valence-electron chi connectivity index (χ4n) is 2.49. The van der Waals surface area contributed by atoms with Crippen LogP contribution < -0.4 is 15.4 Å². The van der Waals surface area contributed by atoms with Gasteiger partial charge in [0.15, 0.2) is 0 Å². The van der Waals surface area contributed by atoms with Crippen LogP contribution in [0.1, 0.15) is 39.0 Å². The largest absolute Gasteiger partial charge is 0.457 e. The van der Waals surface area contributed by atoms with E-state index in [0.717, 1.165) is 30.2 Å². The van der Waals surface area contributed by atoms with Crippen molar-refractivity contribution >= 4 is 11.6 Å².